The van der Waals surface area contributed by atoms with Gasteiger partial charge in [-0.25, -0.2) is 0 Å². The van der Waals surface area contributed by atoms with E-state index in [-0.39, 0.29) is 0 Å². The molecule has 0 aliphatic heterocycles. The molecule has 2 aromatic rings. The number of fused-ring (bicyclic) bond motifs is 1. The molecule has 14 heavy (non-hydrogen) atoms. The summed E-state index contributed by atoms with van der Waals surface area (Å²) in [5, 5.41) is 1.23. The first-order valence-electron chi connectivity index (χ1n) is 4.84. The Morgan fingerprint density at radius 3 is 2.71 bits per heavy atom. The SMILES string of the molecule is Br[C@H]1C[C@H]1c1ccc2ccccc2n1. The largest absolute Gasteiger partial charge is 0.253 e. The summed E-state index contributed by atoms with van der Waals surface area (Å²) in [5.74, 6) is 0.639. The number of rotatable bonds is 1. The zero-order valence-corrected chi connectivity index (χ0v) is 9.24. The highest BCUT2D eigenvalue weighted by Gasteiger charge is 2.37. The molecule has 0 bridgehead atoms. The zero-order chi connectivity index (χ0) is 9.54. The molecule has 0 amide bonds. The van der Waals surface area contributed by atoms with Gasteiger partial charge in [-0.1, -0.05) is 40.2 Å². The summed E-state index contributed by atoms with van der Waals surface area (Å²) in [6.45, 7) is 0. The maximum Gasteiger partial charge on any atom is 0.0705 e. The maximum absolute atomic E-state index is 4.66. The molecule has 0 spiro atoms. The molecule has 1 aromatic heterocycles. The molecule has 0 N–H and O–H groups in total. The molecule has 1 fully saturated rings. The Bertz CT molecular complexity index is 480. The van der Waals surface area contributed by atoms with Crippen molar-refractivity contribution >= 4 is 26.8 Å². The Morgan fingerprint density at radius 1 is 1.14 bits per heavy atom. The van der Waals surface area contributed by atoms with Crippen LogP contribution in [0.2, 0.25) is 0 Å². The van der Waals surface area contributed by atoms with Gasteiger partial charge in [0.1, 0.15) is 0 Å². The van der Waals surface area contributed by atoms with Crippen LogP contribution in [0.3, 0.4) is 0 Å². The number of para-hydroxylation sites is 1. The molecule has 1 saturated carbocycles. The van der Waals surface area contributed by atoms with E-state index in [1.165, 1.54) is 17.5 Å². The first kappa shape index (κ1) is 8.42. The van der Waals surface area contributed by atoms with Crippen molar-refractivity contribution in [3.63, 3.8) is 0 Å². The van der Waals surface area contributed by atoms with Crippen LogP contribution in [0.5, 0.6) is 0 Å². The first-order valence-corrected chi connectivity index (χ1v) is 5.76. The van der Waals surface area contributed by atoms with Gasteiger partial charge >= 0.3 is 0 Å². The topological polar surface area (TPSA) is 12.9 Å². The number of nitrogens with zero attached hydrogens (tertiary/aromatic N) is 1. The Morgan fingerprint density at radius 2 is 1.93 bits per heavy atom. The highest BCUT2D eigenvalue weighted by molar-refractivity contribution is 9.09. The van der Waals surface area contributed by atoms with Crippen LogP contribution in [-0.2, 0) is 0 Å². The molecule has 2 heteroatoms. The van der Waals surface area contributed by atoms with Gasteiger partial charge in [-0.3, -0.25) is 4.98 Å². The van der Waals surface area contributed by atoms with Crippen molar-refractivity contribution in [3.05, 3.63) is 42.1 Å². The van der Waals surface area contributed by atoms with Crippen LogP contribution >= 0.6 is 15.9 Å². The molecule has 2 atom stereocenters. The van der Waals surface area contributed by atoms with E-state index in [9.17, 15) is 0 Å². The van der Waals surface area contributed by atoms with Gasteiger partial charge in [0, 0.05) is 21.8 Å². The van der Waals surface area contributed by atoms with Gasteiger partial charge < -0.3 is 0 Å². The molecule has 1 aliphatic carbocycles. The Labute approximate surface area is 91.3 Å². The van der Waals surface area contributed by atoms with E-state index in [1.807, 2.05) is 12.1 Å². The lowest BCUT2D eigenvalue weighted by Crippen LogP contribution is -1.88. The monoisotopic (exact) mass is 247 g/mol. The van der Waals surface area contributed by atoms with Gasteiger partial charge in [-0.15, -0.1) is 0 Å². The van der Waals surface area contributed by atoms with Crippen molar-refractivity contribution in [1.82, 2.24) is 4.98 Å². The molecular formula is C12H10BrN. The van der Waals surface area contributed by atoms with E-state index in [4.69, 9.17) is 0 Å². The summed E-state index contributed by atoms with van der Waals surface area (Å²) < 4.78 is 0. The minimum absolute atomic E-state index is 0.639. The molecule has 3 rings (SSSR count). The number of pyridine rings is 1. The number of hydrogen-bond donors (Lipinski definition) is 0. The number of benzene rings is 1. The summed E-state index contributed by atoms with van der Waals surface area (Å²) in [6, 6.07) is 12.6. The zero-order valence-electron chi connectivity index (χ0n) is 7.65. The van der Waals surface area contributed by atoms with Crippen molar-refractivity contribution in [3.8, 4) is 0 Å². The van der Waals surface area contributed by atoms with E-state index in [0.29, 0.717) is 10.7 Å². The van der Waals surface area contributed by atoms with Gasteiger partial charge in [0.25, 0.3) is 0 Å². The fourth-order valence-corrected chi connectivity index (χ4v) is 2.43. The summed E-state index contributed by atoms with van der Waals surface area (Å²) in [6.07, 6.45) is 1.23. The second kappa shape index (κ2) is 3.06. The average molecular weight is 248 g/mol. The predicted octanol–water partition coefficient (Wildman–Crippen LogP) is 3.49. The van der Waals surface area contributed by atoms with Crippen molar-refractivity contribution in [1.29, 1.82) is 0 Å². The quantitative estimate of drug-likeness (QED) is 0.704. The Balaban J connectivity index is 2.11. The van der Waals surface area contributed by atoms with Gasteiger partial charge in [0.2, 0.25) is 0 Å². The van der Waals surface area contributed by atoms with E-state index in [2.05, 4.69) is 45.2 Å². The second-order valence-electron chi connectivity index (χ2n) is 3.79. The number of alkyl halides is 1. The molecule has 1 heterocycles. The average Bonchev–Trinajstić information content (AvgIpc) is 2.95. The van der Waals surface area contributed by atoms with Crippen LogP contribution in [0, 0.1) is 0 Å². The lowest BCUT2D eigenvalue weighted by molar-refractivity contribution is 1.05. The molecule has 1 aliphatic rings. The van der Waals surface area contributed by atoms with Crippen LogP contribution in [0.25, 0.3) is 10.9 Å². The normalized spacial score (nSPS) is 25.2. The van der Waals surface area contributed by atoms with Crippen molar-refractivity contribution in [2.24, 2.45) is 0 Å². The molecule has 1 nitrogen and oxygen atoms in total. The van der Waals surface area contributed by atoms with E-state index >= 15 is 0 Å². The predicted molar refractivity (Wildman–Crippen MR) is 61.8 cm³/mol. The molecule has 1 aromatic carbocycles. The third-order valence-electron chi connectivity index (χ3n) is 2.71. The fourth-order valence-electron chi connectivity index (χ4n) is 1.76. The van der Waals surface area contributed by atoms with Gasteiger partial charge in [0.15, 0.2) is 0 Å². The fraction of sp³-hybridized carbons (Fsp3) is 0.250. The van der Waals surface area contributed by atoms with E-state index in [1.54, 1.807) is 0 Å². The molecule has 70 valence electrons. The molecular weight excluding hydrogens is 238 g/mol. The molecule has 0 saturated heterocycles. The minimum atomic E-state index is 0.639. The van der Waals surface area contributed by atoms with E-state index < -0.39 is 0 Å². The van der Waals surface area contributed by atoms with Crippen LogP contribution in [-0.4, -0.2) is 9.81 Å². The number of hydrogen-bond acceptors (Lipinski definition) is 1. The van der Waals surface area contributed by atoms with Crippen LogP contribution in [0.1, 0.15) is 18.0 Å². The summed E-state index contributed by atoms with van der Waals surface area (Å²) in [7, 11) is 0. The summed E-state index contributed by atoms with van der Waals surface area (Å²) in [5.41, 5.74) is 2.34. The summed E-state index contributed by atoms with van der Waals surface area (Å²) in [4.78, 5) is 5.31. The lowest BCUT2D eigenvalue weighted by Gasteiger charge is -2.00. The van der Waals surface area contributed by atoms with Gasteiger partial charge in [-0.2, -0.15) is 0 Å². The third-order valence-corrected chi connectivity index (χ3v) is 3.72. The molecule has 0 radical (unpaired) electrons. The minimum Gasteiger partial charge on any atom is -0.253 e. The Hall–Kier alpha value is -0.890. The van der Waals surface area contributed by atoms with Crippen LogP contribution < -0.4 is 0 Å². The van der Waals surface area contributed by atoms with E-state index in [0.717, 1.165) is 5.52 Å². The van der Waals surface area contributed by atoms with Crippen LogP contribution in [0.4, 0.5) is 0 Å². The smallest absolute Gasteiger partial charge is 0.0705 e. The highest BCUT2D eigenvalue weighted by Crippen LogP contribution is 2.45. The van der Waals surface area contributed by atoms with Crippen LogP contribution in [0.15, 0.2) is 36.4 Å². The van der Waals surface area contributed by atoms with Crippen molar-refractivity contribution in [2.75, 3.05) is 0 Å². The number of halogens is 1. The first-order chi connectivity index (χ1) is 6.84. The standard InChI is InChI=1S/C12H10BrN/c13-10-7-9(10)12-6-5-8-3-1-2-4-11(8)14-12/h1-6,9-10H,7H2/t9-,10+/m1/s1. The number of aromatic nitrogens is 1. The van der Waals surface area contributed by atoms with Crippen molar-refractivity contribution < 1.29 is 0 Å². The third kappa shape index (κ3) is 1.34. The summed E-state index contributed by atoms with van der Waals surface area (Å²) >= 11 is 3.61. The van der Waals surface area contributed by atoms with Gasteiger partial charge in [0.05, 0.1) is 5.52 Å². The highest BCUT2D eigenvalue weighted by atomic mass is 79.9. The van der Waals surface area contributed by atoms with Gasteiger partial charge in [-0.05, 0) is 18.6 Å². The Kier molecular flexibility index (Phi) is 1.84. The lowest BCUT2D eigenvalue weighted by atomic mass is 10.2. The molecule has 0 unspecified atom stereocenters. The maximum atomic E-state index is 4.66. The van der Waals surface area contributed by atoms with Crippen molar-refractivity contribution in [2.45, 2.75) is 17.2 Å². The second-order valence-corrected chi connectivity index (χ2v) is 4.96.